The third-order valence-corrected chi connectivity index (χ3v) is 6.38. The molecule has 1 saturated heterocycles. The van der Waals surface area contributed by atoms with Gasteiger partial charge in [-0.15, -0.1) is 0 Å². The zero-order chi connectivity index (χ0) is 22.9. The van der Waals surface area contributed by atoms with E-state index < -0.39 is 0 Å². The second-order valence-corrected chi connectivity index (χ2v) is 8.67. The van der Waals surface area contributed by atoms with E-state index in [-0.39, 0.29) is 11.5 Å². The third-order valence-electron chi connectivity index (χ3n) is 6.38. The minimum absolute atomic E-state index is 0.0287. The van der Waals surface area contributed by atoms with Crippen LogP contribution in [0.4, 0.5) is 5.82 Å². The maximum absolute atomic E-state index is 12.0. The van der Waals surface area contributed by atoms with Crippen molar-refractivity contribution in [1.82, 2.24) is 34.5 Å². The van der Waals surface area contributed by atoms with E-state index in [0.717, 1.165) is 60.2 Å². The minimum Gasteiger partial charge on any atom is -0.352 e. The van der Waals surface area contributed by atoms with Crippen LogP contribution < -0.4 is 10.5 Å². The van der Waals surface area contributed by atoms with Crippen LogP contribution in [-0.2, 0) is 31.4 Å². The predicted octanol–water partition coefficient (Wildman–Crippen LogP) is 0.792. The molecule has 0 spiro atoms. The smallest absolute Gasteiger partial charge is 0.252 e. The summed E-state index contributed by atoms with van der Waals surface area (Å²) in [6, 6.07) is 3.74. The SMILES string of the molecule is CC(=O)N1CCc2nc(N3CCN(Cc4ccc[nH]c4=O)CC3)c(-c3cnn(C)c3)nc2C1. The molecule has 1 fully saturated rings. The van der Waals surface area contributed by atoms with Crippen molar-refractivity contribution in [3.63, 3.8) is 0 Å². The highest BCUT2D eigenvalue weighted by atomic mass is 16.2. The Morgan fingerprint density at radius 3 is 2.64 bits per heavy atom. The number of nitrogens with zero attached hydrogens (tertiary/aromatic N) is 7. The predicted molar refractivity (Wildman–Crippen MR) is 124 cm³/mol. The molecular weight excluding hydrogens is 420 g/mol. The van der Waals surface area contributed by atoms with Gasteiger partial charge in [0.05, 0.1) is 24.1 Å². The number of piperazine rings is 1. The van der Waals surface area contributed by atoms with E-state index in [4.69, 9.17) is 9.97 Å². The number of carbonyl (C=O) groups is 1. The van der Waals surface area contributed by atoms with Gasteiger partial charge in [-0.2, -0.15) is 5.10 Å². The van der Waals surface area contributed by atoms with Gasteiger partial charge in [-0.25, -0.2) is 9.97 Å². The summed E-state index contributed by atoms with van der Waals surface area (Å²) in [5.74, 6) is 0.929. The van der Waals surface area contributed by atoms with Crippen molar-refractivity contribution in [3.8, 4) is 11.3 Å². The summed E-state index contributed by atoms with van der Waals surface area (Å²) in [4.78, 5) is 43.1. The number of aromatic nitrogens is 5. The molecule has 0 radical (unpaired) electrons. The molecule has 0 aromatic carbocycles. The van der Waals surface area contributed by atoms with Gasteiger partial charge in [0.1, 0.15) is 5.69 Å². The van der Waals surface area contributed by atoms with E-state index in [2.05, 4.69) is 19.9 Å². The molecule has 0 bridgehead atoms. The van der Waals surface area contributed by atoms with Crippen LogP contribution in [0.5, 0.6) is 0 Å². The Balaban J connectivity index is 1.40. The normalized spacial score (nSPS) is 16.7. The van der Waals surface area contributed by atoms with E-state index in [9.17, 15) is 9.59 Å². The molecule has 5 rings (SSSR count). The number of H-pyrrole nitrogens is 1. The van der Waals surface area contributed by atoms with Gasteiger partial charge in [0.25, 0.3) is 5.56 Å². The van der Waals surface area contributed by atoms with Crippen molar-refractivity contribution in [1.29, 1.82) is 0 Å². The quantitative estimate of drug-likeness (QED) is 0.629. The Morgan fingerprint density at radius 2 is 1.94 bits per heavy atom. The van der Waals surface area contributed by atoms with Crippen molar-refractivity contribution in [2.75, 3.05) is 37.6 Å². The summed E-state index contributed by atoms with van der Waals surface area (Å²) in [6.07, 6.45) is 6.12. The van der Waals surface area contributed by atoms with Gasteiger partial charge in [-0.3, -0.25) is 19.2 Å². The number of carbonyl (C=O) groups excluding carboxylic acids is 1. The van der Waals surface area contributed by atoms with E-state index in [1.165, 1.54) is 0 Å². The van der Waals surface area contributed by atoms with Crippen molar-refractivity contribution < 1.29 is 4.79 Å². The summed E-state index contributed by atoms with van der Waals surface area (Å²) in [5.41, 5.74) is 4.31. The molecule has 0 aliphatic carbocycles. The maximum Gasteiger partial charge on any atom is 0.252 e. The Hall–Kier alpha value is -3.53. The van der Waals surface area contributed by atoms with Gasteiger partial charge in [0, 0.05) is 83.2 Å². The molecule has 3 aromatic rings. The molecule has 33 heavy (non-hydrogen) atoms. The Bertz CT molecular complexity index is 1230. The lowest BCUT2D eigenvalue weighted by Crippen LogP contribution is -2.47. The molecule has 10 heteroatoms. The fraction of sp³-hybridized carbons (Fsp3) is 0.435. The standard InChI is InChI=1S/C23H28N8O2/c1-16(32)31-7-5-19-20(15-31)26-21(18-12-25-28(2)13-18)22(27-19)30-10-8-29(9-11-30)14-17-4-3-6-24-23(17)33/h3-4,6,12-13H,5,7-11,14-15H2,1-2H3,(H,24,33). The van der Waals surface area contributed by atoms with Crippen LogP contribution in [0.1, 0.15) is 23.9 Å². The van der Waals surface area contributed by atoms with Crippen LogP contribution in [-0.4, -0.2) is 73.2 Å². The van der Waals surface area contributed by atoms with Gasteiger partial charge in [0.2, 0.25) is 5.91 Å². The number of rotatable bonds is 4. The number of pyridine rings is 1. The molecule has 5 heterocycles. The molecule has 0 atom stereocenters. The van der Waals surface area contributed by atoms with Crippen molar-refractivity contribution in [2.45, 2.75) is 26.4 Å². The Labute approximate surface area is 191 Å². The number of hydrogen-bond donors (Lipinski definition) is 1. The highest BCUT2D eigenvalue weighted by Gasteiger charge is 2.27. The summed E-state index contributed by atoms with van der Waals surface area (Å²) in [7, 11) is 1.89. The number of amides is 1. The second-order valence-electron chi connectivity index (χ2n) is 8.67. The Morgan fingerprint density at radius 1 is 1.12 bits per heavy atom. The molecule has 2 aliphatic heterocycles. The highest BCUT2D eigenvalue weighted by molar-refractivity contribution is 5.74. The van der Waals surface area contributed by atoms with E-state index in [1.54, 1.807) is 17.8 Å². The van der Waals surface area contributed by atoms with Crippen LogP contribution >= 0.6 is 0 Å². The average Bonchev–Trinajstić information content (AvgIpc) is 3.26. The van der Waals surface area contributed by atoms with E-state index >= 15 is 0 Å². The van der Waals surface area contributed by atoms with Gasteiger partial charge < -0.3 is 14.8 Å². The fourth-order valence-electron chi connectivity index (χ4n) is 4.49. The molecule has 1 amide bonds. The number of nitrogens with one attached hydrogen (secondary N) is 1. The van der Waals surface area contributed by atoms with Crippen LogP contribution in [0.2, 0.25) is 0 Å². The number of aryl methyl sites for hydroxylation is 1. The first-order valence-corrected chi connectivity index (χ1v) is 11.3. The van der Waals surface area contributed by atoms with E-state index in [1.807, 2.05) is 36.5 Å². The fourth-order valence-corrected chi connectivity index (χ4v) is 4.49. The first kappa shape index (κ1) is 21.3. The Kier molecular flexibility index (Phi) is 5.67. The molecule has 172 valence electrons. The topological polar surface area (TPSA) is 103 Å². The molecule has 1 N–H and O–H groups in total. The molecular formula is C23H28N8O2. The van der Waals surface area contributed by atoms with Gasteiger partial charge in [-0.1, -0.05) is 6.07 Å². The summed E-state index contributed by atoms with van der Waals surface area (Å²) >= 11 is 0. The van der Waals surface area contributed by atoms with Crippen molar-refractivity contribution in [3.05, 3.63) is 58.0 Å². The number of anilines is 1. The van der Waals surface area contributed by atoms with Crippen molar-refractivity contribution >= 4 is 11.7 Å². The third kappa shape index (κ3) is 4.38. The zero-order valence-corrected chi connectivity index (χ0v) is 19.0. The largest absolute Gasteiger partial charge is 0.352 e. The first-order valence-electron chi connectivity index (χ1n) is 11.3. The lowest BCUT2D eigenvalue weighted by molar-refractivity contribution is -0.129. The zero-order valence-electron chi connectivity index (χ0n) is 19.0. The summed E-state index contributed by atoms with van der Waals surface area (Å²) < 4.78 is 1.76. The van der Waals surface area contributed by atoms with Crippen LogP contribution in [0.25, 0.3) is 11.3 Å². The van der Waals surface area contributed by atoms with Gasteiger partial charge >= 0.3 is 0 Å². The minimum atomic E-state index is -0.0287. The molecule has 3 aromatic heterocycles. The lowest BCUT2D eigenvalue weighted by atomic mass is 10.1. The summed E-state index contributed by atoms with van der Waals surface area (Å²) in [5, 5.41) is 4.33. The number of fused-ring (bicyclic) bond motifs is 1. The van der Waals surface area contributed by atoms with Crippen LogP contribution in [0, 0.1) is 0 Å². The molecule has 2 aliphatic rings. The lowest BCUT2D eigenvalue weighted by Gasteiger charge is -2.36. The molecule has 0 saturated carbocycles. The van der Waals surface area contributed by atoms with Gasteiger partial charge in [0.15, 0.2) is 5.82 Å². The monoisotopic (exact) mass is 448 g/mol. The van der Waals surface area contributed by atoms with Crippen LogP contribution in [0.3, 0.4) is 0 Å². The van der Waals surface area contributed by atoms with Crippen LogP contribution in [0.15, 0.2) is 35.5 Å². The number of aromatic amines is 1. The molecule has 10 nitrogen and oxygen atoms in total. The van der Waals surface area contributed by atoms with Gasteiger partial charge in [-0.05, 0) is 6.07 Å². The second kappa shape index (κ2) is 8.78. The van der Waals surface area contributed by atoms with E-state index in [0.29, 0.717) is 26.1 Å². The number of hydrogen-bond acceptors (Lipinski definition) is 7. The average molecular weight is 449 g/mol. The summed E-state index contributed by atoms with van der Waals surface area (Å²) in [6.45, 7) is 6.64. The first-order chi connectivity index (χ1) is 16.0. The molecule has 0 unspecified atom stereocenters. The van der Waals surface area contributed by atoms with Crippen molar-refractivity contribution in [2.24, 2.45) is 7.05 Å². The highest BCUT2D eigenvalue weighted by Crippen LogP contribution is 2.31. The maximum atomic E-state index is 12.0.